The summed E-state index contributed by atoms with van der Waals surface area (Å²) < 4.78 is 18.5. The number of benzene rings is 1. The van der Waals surface area contributed by atoms with E-state index < -0.39 is 0 Å². The number of hydrogen-bond acceptors (Lipinski definition) is 2. The van der Waals surface area contributed by atoms with E-state index in [0.29, 0.717) is 12.4 Å². The van der Waals surface area contributed by atoms with Crippen LogP contribution >= 0.6 is 0 Å². The fourth-order valence-electron chi connectivity index (χ4n) is 1.56. The Hall–Kier alpha value is -1.09. The van der Waals surface area contributed by atoms with Crippen molar-refractivity contribution < 1.29 is 9.13 Å². The van der Waals surface area contributed by atoms with Gasteiger partial charge in [-0.15, -0.1) is 0 Å². The summed E-state index contributed by atoms with van der Waals surface area (Å²) in [4.78, 5) is 0. The average Bonchev–Trinajstić information content (AvgIpc) is 2.30. The largest absolute Gasteiger partial charge is 0.489 e. The predicted molar refractivity (Wildman–Crippen MR) is 68.8 cm³/mol. The summed E-state index contributed by atoms with van der Waals surface area (Å²) in [5, 5.41) is 3.28. The molecule has 0 aliphatic carbocycles. The molecule has 0 aliphatic rings. The summed E-state index contributed by atoms with van der Waals surface area (Å²) in [5.74, 6) is 0.787. The molecule has 2 nitrogen and oxygen atoms in total. The lowest BCUT2D eigenvalue weighted by Crippen LogP contribution is -2.22. The van der Waals surface area contributed by atoms with Crippen LogP contribution in [0, 0.1) is 11.7 Å². The van der Waals surface area contributed by atoms with Crippen molar-refractivity contribution in [3.05, 3.63) is 30.1 Å². The maximum Gasteiger partial charge on any atom is 0.165 e. The van der Waals surface area contributed by atoms with Crippen LogP contribution in [0.25, 0.3) is 0 Å². The number of nitrogens with one attached hydrogen (secondary N) is 1. The second-order valence-electron chi connectivity index (χ2n) is 4.56. The van der Waals surface area contributed by atoms with Gasteiger partial charge in [-0.05, 0) is 37.4 Å². The molecule has 1 aromatic carbocycles. The lowest BCUT2D eigenvalue weighted by molar-refractivity contribution is 0.298. The van der Waals surface area contributed by atoms with Crippen molar-refractivity contribution in [2.75, 3.05) is 19.7 Å². The monoisotopic (exact) mass is 239 g/mol. The third-order valence-corrected chi connectivity index (χ3v) is 2.51. The fraction of sp³-hybridized carbons (Fsp3) is 0.571. The quantitative estimate of drug-likeness (QED) is 0.703. The molecule has 0 saturated heterocycles. The van der Waals surface area contributed by atoms with Crippen molar-refractivity contribution in [2.24, 2.45) is 5.92 Å². The van der Waals surface area contributed by atoms with Gasteiger partial charge in [0.05, 0.1) is 0 Å². The zero-order valence-corrected chi connectivity index (χ0v) is 10.7. The minimum Gasteiger partial charge on any atom is -0.489 e. The van der Waals surface area contributed by atoms with Crippen LogP contribution in [0.5, 0.6) is 5.75 Å². The van der Waals surface area contributed by atoms with Crippen molar-refractivity contribution in [3.63, 3.8) is 0 Å². The molecule has 1 aromatic rings. The Bertz CT molecular complexity index is 315. The second-order valence-corrected chi connectivity index (χ2v) is 4.56. The third kappa shape index (κ3) is 6.27. The Morgan fingerprint density at radius 2 is 2.00 bits per heavy atom. The van der Waals surface area contributed by atoms with Crippen LogP contribution in [0.3, 0.4) is 0 Å². The van der Waals surface area contributed by atoms with Crippen LogP contribution in [0.2, 0.25) is 0 Å². The van der Waals surface area contributed by atoms with Gasteiger partial charge in [0, 0.05) is 6.54 Å². The van der Waals surface area contributed by atoms with Crippen molar-refractivity contribution in [2.45, 2.75) is 26.7 Å². The molecule has 0 unspecified atom stereocenters. The molecule has 1 rings (SSSR count). The lowest BCUT2D eigenvalue weighted by atomic mass is 10.1. The molecule has 0 atom stereocenters. The van der Waals surface area contributed by atoms with Crippen LogP contribution in [-0.2, 0) is 0 Å². The molecule has 0 fully saturated rings. The second kappa shape index (κ2) is 8.07. The van der Waals surface area contributed by atoms with Gasteiger partial charge in [-0.25, -0.2) is 4.39 Å². The molecular weight excluding hydrogens is 217 g/mol. The molecular formula is C14H22FNO. The smallest absolute Gasteiger partial charge is 0.165 e. The van der Waals surface area contributed by atoms with Crippen molar-refractivity contribution >= 4 is 0 Å². The zero-order valence-electron chi connectivity index (χ0n) is 10.7. The van der Waals surface area contributed by atoms with Gasteiger partial charge in [0.1, 0.15) is 6.61 Å². The van der Waals surface area contributed by atoms with Crippen molar-refractivity contribution in [3.8, 4) is 5.75 Å². The number of para-hydroxylation sites is 1. The lowest BCUT2D eigenvalue weighted by Gasteiger charge is -2.08. The standard InChI is InChI=1S/C14H22FNO/c1-12(2)6-5-9-16-10-11-17-14-8-4-3-7-13(14)15/h3-4,7-8,12,16H,5-6,9-11H2,1-2H3. The number of ether oxygens (including phenoxy) is 1. The molecule has 0 aliphatic heterocycles. The Morgan fingerprint density at radius 1 is 1.24 bits per heavy atom. The Balaban J connectivity index is 2.03. The van der Waals surface area contributed by atoms with E-state index in [1.807, 2.05) is 0 Å². The highest BCUT2D eigenvalue weighted by molar-refractivity contribution is 5.23. The SMILES string of the molecule is CC(C)CCCNCCOc1ccccc1F. The van der Waals surface area contributed by atoms with Gasteiger partial charge in [0.15, 0.2) is 11.6 Å². The van der Waals surface area contributed by atoms with Crippen LogP contribution < -0.4 is 10.1 Å². The highest BCUT2D eigenvalue weighted by Gasteiger charge is 2.00. The maximum absolute atomic E-state index is 13.2. The first kappa shape index (κ1) is 14.0. The fourth-order valence-corrected chi connectivity index (χ4v) is 1.56. The van der Waals surface area contributed by atoms with E-state index in [1.54, 1.807) is 18.2 Å². The van der Waals surface area contributed by atoms with E-state index in [0.717, 1.165) is 19.0 Å². The molecule has 1 N–H and O–H groups in total. The Morgan fingerprint density at radius 3 is 2.71 bits per heavy atom. The van der Waals surface area contributed by atoms with Crippen LogP contribution in [0.15, 0.2) is 24.3 Å². The van der Waals surface area contributed by atoms with Gasteiger partial charge in [-0.3, -0.25) is 0 Å². The number of hydrogen-bond donors (Lipinski definition) is 1. The summed E-state index contributed by atoms with van der Waals surface area (Å²) in [7, 11) is 0. The van der Waals surface area contributed by atoms with Gasteiger partial charge in [-0.1, -0.05) is 26.0 Å². The van der Waals surface area contributed by atoms with Crippen LogP contribution in [-0.4, -0.2) is 19.7 Å². The normalized spacial score (nSPS) is 10.8. The summed E-state index contributed by atoms with van der Waals surface area (Å²) >= 11 is 0. The highest BCUT2D eigenvalue weighted by Crippen LogP contribution is 2.14. The Kier molecular flexibility index (Phi) is 6.63. The van der Waals surface area contributed by atoms with E-state index in [9.17, 15) is 4.39 Å². The summed E-state index contributed by atoms with van der Waals surface area (Å²) in [6.07, 6.45) is 2.42. The van der Waals surface area contributed by atoms with Gasteiger partial charge in [0.2, 0.25) is 0 Å². The van der Waals surface area contributed by atoms with Gasteiger partial charge < -0.3 is 10.1 Å². The minimum absolute atomic E-state index is 0.299. The molecule has 17 heavy (non-hydrogen) atoms. The zero-order chi connectivity index (χ0) is 12.5. The molecule has 0 aromatic heterocycles. The topological polar surface area (TPSA) is 21.3 Å². The molecule has 96 valence electrons. The summed E-state index contributed by atoms with van der Waals surface area (Å²) in [5.41, 5.74) is 0. The molecule has 0 saturated carbocycles. The first-order valence-electron chi connectivity index (χ1n) is 6.28. The van der Waals surface area contributed by atoms with Gasteiger partial charge in [0.25, 0.3) is 0 Å². The van der Waals surface area contributed by atoms with E-state index in [1.165, 1.54) is 18.9 Å². The van der Waals surface area contributed by atoms with Gasteiger partial charge >= 0.3 is 0 Å². The number of rotatable bonds is 8. The first-order valence-corrected chi connectivity index (χ1v) is 6.28. The third-order valence-electron chi connectivity index (χ3n) is 2.51. The van der Waals surface area contributed by atoms with E-state index in [2.05, 4.69) is 19.2 Å². The van der Waals surface area contributed by atoms with Crippen LogP contribution in [0.1, 0.15) is 26.7 Å². The van der Waals surface area contributed by atoms with Crippen molar-refractivity contribution in [1.82, 2.24) is 5.32 Å². The first-order chi connectivity index (χ1) is 8.20. The van der Waals surface area contributed by atoms with Crippen LogP contribution in [0.4, 0.5) is 4.39 Å². The molecule has 0 radical (unpaired) electrons. The van der Waals surface area contributed by atoms with E-state index in [4.69, 9.17) is 4.74 Å². The summed E-state index contributed by atoms with van der Waals surface area (Å²) in [6.45, 7) is 6.70. The average molecular weight is 239 g/mol. The molecule has 0 amide bonds. The van der Waals surface area contributed by atoms with Crippen molar-refractivity contribution in [1.29, 1.82) is 0 Å². The summed E-state index contributed by atoms with van der Waals surface area (Å²) in [6, 6.07) is 6.49. The molecule has 0 spiro atoms. The molecule has 0 heterocycles. The Labute approximate surface area is 103 Å². The van der Waals surface area contributed by atoms with Gasteiger partial charge in [-0.2, -0.15) is 0 Å². The van der Waals surface area contributed by atoms with E-state index >= 15 is 0 Å². The molecule has 0 bridgehead atoms. The maximum atomic E-state index is 13.2. The minimum atomic E-state index is -0.299. The van der Waals surface area contributed by atoms with E-state index in [-0.39, 0.29) is 5.82 Å². The number of halogens is 1. The molecule has 3 heteroatoms. The highest BCUT2D eigenvalue weighted by atomic mass is 19.1. The predicted octanol–water partition coefficient (Wildman–Crippen LogP) is 3.23.